The van der Waals surface area contributed by atoms with Crippen molar-refractivity contribution in [3.63, 3.8) is 0 Å². The predicted octanol–water partition coefficient (Wildman–Crippen LogP) is 2.10. The Labute approximate surface area is 114 Å². The largest absolute Gasteiger partial charge is 0.393 e. The van der Waals surface area contributed by atoms with Crippen LogP contribution in [-0.4, -0.2) is 23.3 Å². The van der Waals surface area contributed by atoms with Crippen LogP contribution < -0.4 is 10.6 Å². The van der Waals surface area contributed by atoms with E-state index in [2.05, 4.69) is 10.6 Å². The van der Waals surface area contributed by atoms with Crippen molar-refractivity contribution < 1.29 is 9.90 Å². The number of benzene rings is 1. The minimum absolute atomic E-state index is 0.121. The van der Waals surface area contributed by atoms with E-state index >= 15 is 0 Å². The lowest BCUT2D eigenvalue weighted by Gasteiger charge is -2.26. The molecule has 2 amide bonds. The van der Waals surface area contributed by atoms with Crippen LogP contribution in [0.5, 0.6) is 0 Å². The van der Waals surface area contributed by atoms with Crippen LogP contribution in [0.3, 0.4) is 0 Å². The molecule has 4 nitrogen and oxygen atoms in total. The van der Waals surface area contributed by atoms with Gasteiger partial charge >= 0.3 is 6.03 Å². The Bertz CT molecular complexity index is 426. The molecule has 1 saturated carbocycles. The van der Waals surface area contributed by atoms with Crippen molar-refractivity contribution >= 4 is 6.03 Å². The van der Waals surface area contributed by atoms with E-state index in [1.54, 1.807) is 0 Å². The normalized spacial score (nSPS) is 22.8. The molecule has 0 heterocycles. The molecule has 1 fully saturated rings. The molecule has 0 saturated heterocycles. The molecule has 1 aliphatic carbocycles. The van der Waals surface area contributed by atoms with E-state index in [0.29, 0.717) is 6.54 Å². The summed E-state index contributed by atoms with van der Waals surface area (Å²) in [6.45, 7) is 2.59. The first kappa shape index (κ1) is 13.9. The molecule has 0 aromatic heterocycles. The molecule has 0 bridgehead atoms. The van der Waals surface area contributed by atoms with Gasteiger partial charge in [-0.15, -0.1) is 0 Å². The molecule has 19 heavy (non-hydrogen) atoms. The first-order chi connectivity index (χ1) is 9.15. The molecule has 1 aromatic rings. The number of hydrogen-bond acceptors (Lipinski definition) is 2. The smallest absolute Gasteiger partial charge is 0.315 e. The highest BCUT2D eigenvalue weighted by Gasteiger charge is 2.20. The molecule has 3 N–H and O–H groups in total. The molecule has 4 heteroatoms. The van der Waals surface area contributed by atoms with E-state index in [4.69, 9.17) is 0 Å². The van der Waals surface area contributed by atoms with E-state index in [1.807, 2.05) is 31.2 Å². The Morgan fingerprint density at radius 2 is 1.95 bits per heavy atom. The van der Waals surface area contributed by atoms with Crippen LogP contribution >= 0.6 is 0 Å². The molecule has 2 rings (SSSR count). The van der Waals surface area contributed by atoms with Gasteiger partial charge in [-0.05, 0) is 43.7 Å². The quantitative estimate of drug-likeness (QED) is 0.781. The van der Waals surface area contributed by atoms with E-state index in [9.17, 15) is 9.90 Å². The van der Waals surface area contributed by atoms with Gasteiger partial charge in [0.2, 0.25) is 0 Å². The van der Waals surface area contributed by atoms with Gasteiger partial charge in [-0.1, -0.05) is 24.3 Å². The maximum absolute atomic E-state index is 11.8. The molecule has 1 aromatic carbocycles. The number of aliphatic hydroxyl groups excluding tert-OH is 1. The lowest BCUT2D eigenvalue weighted by atomic mass is 9.93. The van der Waals surface area contributed by atoms with Gasteiger partial charge in [0, 0.05) is 12.6 Å². The van der Waals surface area contributed by atoms with Crippen LogP contribution in [0.25, 0.3) is 0 Å². The van der Waals surface area contributed by atoms with Gasteiger partial charge in [0.05, 0.1) is 6.10 Å². The fraction of sp³-hybridized carbons (Fsp3) is 0.533. The Kier molecular flexibility index (Phi) is 4.80. The summed E-state index contributed by atoms with van der Waals surface area (Å²) in [5.74, 6) is 0. The fourth-order valence-corrected chi connectivity index (χ4v) is 2.44. The number of aliphatic hydroxyl groups is 1. The summed E-state index contributed by atoms with van der Waals surface area (Å²) in [4.78, 5) is 11.8. The topological polar surface area (TPSA) is 61.4 Å². The van der Waals surface area contributed by atoms with Crippen LogP contribution in [0.15, 0.2) is 24.3 Å². The highest BCUT2D eigenvalue weighted by Crippen LogP contribution is 2.18. The zero-order valence-corrected chi connectivity index (χ0v) is 11.4. The van der Waals surface area contributed by atoms with Crippen molar-refractivity contribution in [2.24, 2.45) is 0 Å². The second kappa shape index (κ2) is 6.57. The van der Waals surface area contributed by atoms with Gasteiger partial charge in [0.25, 0.3) is 0 Å². The van der Waals surface area contributed by atoms with Gasteiger partial charge in [-0.25, -0.2) is 4.79 Å². The van der Waals surface area contributed by atoms with E-state index in [1.165, 1.54) is 5.56 Å². The number of carbonyl (C=O) groups is 1. The molecule has 0 aliphatic heterocycles. The van der Waals surface area contributed by atoms with E-state index in [-0.39, 0.29) is 18.2 Å². The van der Waals surface area contributed by atoms with Gasteiger partial charge in [0.15, 0.2) is 0 Å². The zero-order valence-electron chi connectivity index (χ0n) is 11.4. The summed E-state index contributed by atoms with van der Waals surface area (Å²) < 4.78 is 0. The van der Waals surface area contributed by atoms with Crippen LogP contribution in [0.1, 0.15) is 36.8 Å². The zero-order chi connectivity index (χ0) is 13.7. The fourth-order valence-electron chi connectivity index (χ4n) is 2.44. The standard InChI is InChI=1S/C15H22N2O2/c1-11-4-2-3-5-12(11)10-16-15(19)17-13-6-8-14(18)9-7-13/h2-5,13-14,18H,6-10H2,1H3,(H2,16,17,19). The first-order valence-electron chi connectivity index (χ1n) is 6.92. The van der Waals surface area contributed by atoms with Crippen LogP contribution in [0.2, 0.25) is 0 Å². The molecule has 1 aliphatic rings. The number of nitrogens with one attached hydrogen (secondary N) is 2. The van der Waals surface area contributed by atoms with Gasteiger partial charge in [0.1, 0.15) is 0 Å². The van der Waals surface area contributed by atoms with E-state index in [0.717, 1.165) is 31.2 Å². The molecule has 104 valence electrons. The molecule has 0 radical (unpaired) electrons. The SMILES string of the molecule is Cc1ccccc1CNC(=O)NC1CCC(O)CC1. The number of amides is 2. The summed E-state index contributed by atoms with van der Waals surface area (Å²) >= 11 is 0. The van der Waals surface area contributed by atoms with Crippen LogP contribution in [0, 0.1) is 6.92 Å². The minimum atomic E-state index is -0.187. The third-order valence-corrected chi connectivity index (χ3v) is 3.73. The van der Waals surface area contributed by atoms with Crippen LogP contribution in [-0.2, 0) is 6.54 Å². The number of aryl methyl sites for hydroxylation is 1. The lowest BCUT2D eigenvalue weighted by molar-refractivity contribution is 0.117. The van der Waals surface area contributed by atoms with Gasteiger partial charge in [-0.3, -0.25) is 0 Å². The van der Waals surface area contributed by atoms with Gasteiger partial charge < -0.3 is 15.7 Å². The second-order valence-electron chi connectivity index (χ2n) is 5.26. The summed E-state index contributed by atoms with van der Waals surface area (Å²) in [7, 11) is 0. The van der Waals surface area contributed by atoms with E-state index < -0.39 is 0 Å². The van der Waals surface area contributed by atoms with Crippen molar-refractivity contribution in [2.75, 3.05) is 0 Å². The predicted molar refractivity (Wildman–Crippen MR) is 74.8 cm³/mol. The maximum Gasteiger partial charge on any atom is 0.315 e. The number of urea groups is 1. The summed E-state index contributed by atoms with van der Waals surface area (Å²) in [5.41, 5.74) is 2.32. The van der Waals surface area contributed by atoms with Crippen molar-refractivity contribution in [1.29, 1.82) is 0 Å². The minimum Gasteiger partial charge on any atom is -0.393 e. The first-order valence-corrected chi connectivity index (χ1v) is 6.92. The Morgan fingerprint density at radius 1 is 1.26 bits per heavy atom. The Hall–Kier alpha value is -1.55. The average molecular weight is 262 g/mol. The molecular weight excluding hydrogens is 240 g/mol. The monoisotopic (exact) mass is 262 g/mol. The van der Waals surface area contributed by atoms with Crippen molar-refractivity contribution in [3.05, 3.63) is 35.4 Å². The molecular formula is C15H22N2O2. The van der Waals surface area contributed by atoms with Crippen LogP contribution in [0.4, 0.5) is 4.79 Å². The molecule has 0 unspecified atom stereocenters. The third kappa shape index (κ3) is 4.24. The maximum atomic E-state index is 11.8. The van der Waals surface area contributed by atoms with Gasteiger partial charge in [-0.2, -0.15) is 0 Å². The average Bonchev–Trinajstić information content (AvgIpc) is 2.40. The highest BCUT2D eigenvalue weighted by atomic mass is 16.3. The number of hydrogen-bond donors (Lipinski definition) is 3. The number of carbonyl (C=O) groups excluding carboxylic acids is 1. The van der Waals surface area contributed by atoms with Crippen molar-refractivity contribution in [1.82, 2.24) is 10.6 Å². The third-order valence-electron chi connectivity index (χ3n) is 3.73. The molecule has 0 spiro atoms. The second-order valence-corrected chi connectivity index (χ2v) is 5.26. The van der Waals surface area contributed by atoms with Crippen molar-refractivity contribution in [3.8, 4) is 0 Å². The summed E-state index contributed by atoms with van der Waals surface area (Å²) in [6, 6.07) is 8.10. The highest BCUT2D eigenvalue weighted by molar-refractivity contribution is 5.74. The number of rotatable bonds is 3. The lowest BCUT2D eigenvalue weighted by Crippen LogP contribution is -2.43. The summed E-state index contributed by atoms with van der Waals surface area (Å²) in [6.07, 6.45) is 3.09. The Balaban J connectivity index is 1.74. The van der Waals surface area contributed by atoms with Crippen molar-refractivity contribution in [2.45, 2.75) is 51.3 Å². The molecule has 0 atom stereocenters. The summed E-state index contributed by atoms with van der Waals surface area (Å²) in [5, 5.41) is 15.3. The Morgan fingerprint density at radius 3 is 2.63 bits per heavy atom.